The lowest BCUT2D eigenvalue weighted by Gasteiger charge is -2.34. The smallest absolute Gasteiger partial charge is 0.257 e. The molecule has 1 amide bonds. The number of likely N-dealkylation sites (N-methyl/N-ethyl adjacent to an activating group) is 1. The fourth-order valence-electron chi connectivity index (χ4n) is 3.99. The van der Waals surface area contributed by atoms with Crippen molar-refractivity contribution in [3.05, 3.63) is 74.8 Å². The topological polar surface area (TPSA) is 57.6 Å². The first-order chi connectivity index (χ1) is 15.4. The normalized spacial score (nSPS) is 14.7. The molecule has 1 fully saturated rings. The lowest BCUT2D eigenvalue weighted by molar-refractivity contribution is 0.0949. The molecule has 0 spiro atoms. The van der Waals surface area contributed by atoms with Gasteiger partial charge < -0.3 is 19.7 Å². The first-order valence-corrected chi connectivity index (χ1v) is 11.1. The van der Waals surface area contributed by atoms with Crippen molar-refractivity contribution in [1.82, 2.24) is 14.8 Å². The summed E-state index contributed by atoms with van der Waals surface area (Å²) in [4.78, 5) is 30.1. The van der Waals surface area contributed by atoms with Crippen molar-refractivity contribution >= 4 is 34.1 Å². The van der Waals surface area contributed by atoms with Crippen LogP contribution in [0.5, 0.6) is 0 Å². The lowest BCUT2D eigenvalue weighted by atomic mass is 10.1. The lowest BCUT2D eigenvalue weighted by Crippen LogP contribution is -2.44. The summed E-state index contributed by atoms with van der Waals surface area (Å²) in [5.41, 5.74) is 1.51. The summed E-state index contributed by atoms with van der Waals surface area (Å²) in [6, 6.07) is 10.1. The second kappa shape index (κ2) is 9.30. The van der Waals surface area contributed by atoms with Crippen LogP contribution in [0.2, 0.25) is 5.02 Å². The van der Waals surface area contributed by atoms with Crippen LogP contribution >= 0.6 is 11.6 Å². The zero-order valence-corrected chi connectivity index (χ0v) is 19.0. The summed E-state index contributed by atoms with van der Waals surface area (Å²) < 4.78 is 16.9. The Kier molecular flexibility index (Phi) is 6.48. The van der Waals surface area contributed by atoms with Gasteiger partial charge in [-0.05, 0) is 43.8 Å². The zero-order chi connectivity index (χ0) is 22.8. The van der Waals surface area contributed by atoms with Crippen LogP contribution in [0.3, 0.4) is 0 Å². The number of rotatable bonds is 5. The number of carbonyl (C=O) groups is 1. The number of carbonyl (C=O) groups excluding carboxylic acids is 1. The van der Waals surface area contributed by atoms with Crippen LogP contribution in [-0.4, -0.2) is 48.6 Å². The van der Waals surface area contributed by atoms with Crippen molar-refractivity contribution < 1.29 is 9.18 Å². The molecular weight excluding hydrogens is 431 g/mol. The highest BCUT2D eigenvalue weighted by Crippen LogP contribution is 2.26. The summed E-state index contributed by atoms with van der Waals surface area (Å²) in [5, 5.41) is 3.59. The van der Waals surface area contributed by atoms with Crippen molar-refractivity contribution in [2.75, 3.05) is 38.1 Å². The molecule has 0 unspecified atom stereocenters. The van der Waals surface area contributed by atoms with Gasteiger partial charge in [0.25, 0.3) is 5.91 Å². The first kappa shape index (κ1) is 22.3. The summed E-state index contributed by atoms with van der Waals surface area (Å²) >= 11 is 5.89. The molecule has 4 rings (SSSR count). The molecule has 3 aromatic rings. The van der Waals surface area contributed by atoms with Gasteiger partial charge in [-0.3, -0.25) is 9.59 Å². The number of hydrogen-bond acceptors (Lipinski definition) is 4. The van der Waals surface area contributed by atoms with E-state index in [9.17, 15) is 9.59 Å². The summed E-state index contributed by atoms with van der Waals surface area (Å²) in [7, 11) is 2.04. The number of aromatic nitrogens is 1. The van der Waals surface area contributed by atoms with Crippen LogP contribution in [0.15, 0.2) is 47.4 Å². The Bertz CT molecular complexity index is 1200. The van der Waals surface area contributed by atoms with E-state index in [4.69, 9.17) is 11.6 Å². The number of hydrogen-bond donors (Lipinski definition) is 1. The van der Waals surface area contributed by atoms with Crippen molar-refractivity contribution in [2.45, 2.75) is 20.0 Å². The first-order valence-electron chi connectivity index (χ1n) is 10.7. The van der Waals surface area contributed by atoms with Gasteiger partial charge in [0, 0.05) is 55.9 Å². The molecule has 8 heteroatoms. The van der Waals surface area contributed by atoms with Gasteiger partial charge in [-0.2, -0.15) is 0 Å². The monoisotopic (exact) mass is 456 g/mol. The Balaban J connectivity index is 1.66. The number of halogens is 2. The third kappa shape index (κ3) is 4.49. The van der Waals surface area contributed by atoms with E-state index in [1.165, 1.54) is 6.07 Å². The number of fused-ring (bicyclic) bond motifs is 1. The second-order valence-electron chi connectivity index (χ2n) is 8.08. The highest BCUT2D eigenvalue weighted by molar-refractivity contribution is 6.30. The van der Waals surface area contributed by atoms with E-state index in [0.29, 0.717) is 22.8 Å². The maximum absolute atomic E-state index is 15.0. The van der Waals surface area contributed by atoms with E-state index in [-0.39, 0.29) is 17.5 Å². The number of piperazine rings is 1. The van der Waals surface area contributed by atoms with Gasteiger partial charge in [-0.1, -0.05) is 23.7 Å². The molecule has 1 aliphatic heterocycles. The highest BCUT2D eigenvalue weighted by atomic mass is 35.5. The molecule has 32 heavy (non-hydrogen) atoms. The molecule has 6 nitrogen and oxygen atoms in total. The van der Waals surface area contributed by atoms with Crippen molar-refractivity contribution in [2.24, 2.45) is 0 Å². The van der Waals surface area contributed by atoms with Crippen molar-refractivity contribution in [3.63, 3.8) is 0 Å². The van der Waals surface area contributed by atoms with Crippen molar-refractivity contribution in [1.29, 1.82) is 0 Å². The fourth-order valence-corrected chi connectivity index (χ4v) is 4.12. The van der Waals surface area contributed by atoms with Crippen LogP contribution in [0.4, 0.5) is 10.1 Å². The molecule has 1 saturated heterocycles. The summed E-state index contributed by atoms with van der Waals surface area (Å²) in [6.07, 6.45) is 1.56. The van der Waals surface area contributed by atoms with Crippen LogP contribution in [0, 0.1) is 5.82 Å². The quantitative estimate of drug-likeness (QED) is 0.638. The molecule has 1 aliphatic rings. The number of nitrogens with zero attached hydrogens (tertiary/aromatic N) is 3. The Labute approximate surface area is 191 Å². The van der Waals surface area contributed by atoms with E-state index in [0.717, 1.165) is 31.7 Å². The van der Waals surface area contributed by atoms with Gasteiger partial charge in [0.1, 0.15) is 11.4 Å². The number of nitrogens with one attached hydrogen (secondary N) is 1. The maximum atomic E-state index is 15.0. The Morgan fingerprint density at radius 1 is 1.12 bits per heavy atom. The van der Waals surface area contributed by atoms with Gasteiger partial charge in [0.15, 0.2) is 0 Å². The van der Waals surface area contributed by atoms with E-state index in [1.807, 2.05) is 35.6 Å². The number of anilines is 1. The Morgan fingerprint density at radius 3 is 2.47 bits per heavy atom. The van der Waals surface area contributed by atoms with Gasteiger partial charge in [-0.15, -0.1) is 0 Å². The summed E-state index contributed by atoms with van der Waals surface area (Å²) in [6.45, 7) is 5.88. The number of benzene rings is 2. The fraction of sp³-hybridized carbons (Fsp3) is 0.333. The largest absolute Gasteiger partial charge is 0.367 e. The molecular formula is C24H26ClFN4O2. The number of pyridine rings is 1. The molecule has 1 N–H and O–H groups in total. The van der Waals surface area contributed by atoms with Gasteiger partial charge in [0.05, 0.1) is 11.2 Å². The minimum absolute atomic E-state index is 0.0000563. The molecule has 0 saturated carbocycles. The highest BCUT2D eigenvalue weighted by Gasteiger charge is 2.21. The Hall–Kier alpha value is -2.90. The zero-order valence-electron chi connectivity index (χ0n) is 18.2. The predicted octanol–water partition coefficient (Wildman–Crippen LogP) is 3.50. The van der Waals surface area contributed by atoms with Crippen LogP contribution in [0.1, 0.15) is 22.8 Å². The molecule has 2 heterocycles. The van der Waals surface area contributed by atoms with Crippen LogP contribution in [0.25, 0.3) is 10.9 Å². The molecule has 168 valence electrons. The van der Waals surface area contributed by atoms with E-state index in [2.05, 4.69) is 10.2 Å². The van der Waals surface area contributed by atoms with E-state index >= 15 is 4.39 Å². The van der Waals surface area contributed by atoms with Gasteiger partial charge >= 0.3 is 0 Å². The molecule has 0 bridgehead atoms. The Morgan fingerprint density at radius 2 is 1.81 bits per heavy atom. The van der Waals surface area contributed by atoms with Gasteiger partial charge in [-0.25, -0.2) is 4.39 Å². The number of amides is 1. The molecule has 0 aliphatic carbocycles. The molecule has 2 aromatic carbocycles. The van der Waals surface area contributed by atoms with Crippen molar-refractivity contribution in [3.8, 4) is 0 Å². The standard InChI is InChI=1S/C24H26ClFN4O2/c1-3-29-15-19(24(32)27-14-16-4-6-17(25)7-5-16)23(31)18-12-20(26)22(13-21(18)29)30-10-8-28(2)9-11-30/h4-7,12-13,15H,3,8-11,14H2,1-2H3,(H,27,32). The second-order valence-corrected chi connectivity index (χ2v) is 8.51. The summed E-state index contributed by atoms with van der Waals surface area (Å²) in [5.74, 6) is -0.932. The molecule has 1 aromatic heterocycles. The molecule has 0 atom stereocenters. The van der Waals surface area contributed by atoms with E-state index < -0.39 is 17.2 Å². The van der Waals surface area contributed by atoms with E-state index in [1.54, 1.807) is 24.4 Å². The SMILES string of the molecule is CCn1cc(C(=O)NCc2ccc(Cl)cc2)c(=O)c2cc(F)c(N3CCN(C)CC3)cc21. The van der Waals surface area contributed by atoms with Crippen LogP contribution < -0.4 is 15.6 Å². The van der Waals surface area contributed by atoms with Crippen LogP contribution in [-0.2, 0) is 13.1 Å². The minimum atomic E-state index is -0.488. The minimum Gasteiger partial charge on any atom is -0.367 e. The number of aryl methyl sites for hydroxylation is 1. The molecule has 0 radical (unpaired) electrons. The average molecular weight is 457 g/mol. The average Bonchev–Trinajstić information content (AvgIpc) is 2.79. The third-order valence-electron chi connectivity index (χ3n) is 5.94. The van der Waals surface area contributed by atoms with Gasteiger partial charge in [0.2, 0.25) is 5.43 Å². The maximum Gasteiger partial charge on any atom is 0.257 e. The predicted molar refractivity (Wildman–Crippen MR) is 126 cm³/mol. The third-order valence-corrected chi connectivity index (χ3v) is 6.20.